The van der Waals surface area contributed by atoms with Crippen LogP contribution in [0.25, 0.3) is 11.1 Å². The monoisotopic (exact) mass is 293 g/mol. The quantitative estimate of drug-likeness (QED) is 0.829. The minimum absolute atomic E-state index is 0.705. The van der Waals surface area contributed by atoms with E-state index in [4.69, 9.17) is 23.2 Å². The lowest BCUT2D eigenvalue weighted by Crippen LogP contribution is -2.11. The lowest BCUT2D eigenvalue weighted by molar-refractivity contribution is 0.727. The molecule has 2 aromatic rings. The van der Waals surface area contributed by atoms with Crippen LogP contribution in [-0.4, -0.2) is 6.54 Å². The topological polar surface area (TPSA) is 12.0 Å². The fraction of sp³-hybridized carbons (Fsp3) is 0.250. The highest BCUT2D eigenvalue weighted by atomic mass is 35.5. The van der Waals surface area contributed by atoms with E-state index in [1.165, 1.54) is 11.1 Å². The molecular weight excluding hydrogens is 277 g/mol. The van der Waals surface area contributed by atoms with Gasteiger partial charge in [-0.25, -0.2) is 0 Å². The first-order valence-corrected chi connectivity index (χ1v) is 7.13. The van der Waals surface area contributed by atoms with Gasteiger partial charge in [0.05, 0.1) is 0 Å². The molecule has 0 amide bonds. The number of aryl methyl sites for hydroxylation is 1. The van der Waals surface area contributed by atoms with Crippen LogP contribution in [0.3, 0.4) is 0 Å². The van der Waals surface area contributed by atoms with Gasteiger partial charge < -0.3 is 5.32 Å². The molecule has 0 aliphatic heterocycles. The maximum Gasteiger partial charge on any atom is 0.0485 e. The lowest BCUT2D eigenvalue weighted by Gasteiger charge is -2.11. The third-order valence-corrected chi connectivity index (χ3v) is 3.66. The van der Waals surface area contributed by atoms with Crippen LogP contribution in [0.4, 0.5) is 0 Å². The summed E-state index contributed by atoms with van der Waals surface area (Å²) >= 11 is 12.4. The zero-order valence-electron chi connectivity index (χ0n) is 11.1. The van der Waals surface area contributed by atoms with Gasteiger partial charge >= 0.3 is 0 Å². The standard InChI is InChI=1S/C16H17Cl2N/c1-3-19-10-12-5-4-11(2)14(8-12)15-9-13(17)6-7-16(15)18/h4-9,19H,3,10H2,1-2H3. The van der Waals surface area contributed by atoms with E-state index in [1.54, 1.807) is 0 Å². The molecule has 0 heterocycles. The van der Waals surface area contributed by atoms with Crippen molar-refractivity contribution in [2.45, 2.75) is 20.4 Å². The van der Waals surface area contributed by atoms with Crippen LogP contribution < -0.4 is 5.32 Å². The smallest absolute Gasteiger partial charge is 0.0485 e. The maximum atomic E-state index is 6.29. The van der Waals surface area contributed by atoms with Crippen LogP contribution >= 0.6 is 23.2 Å². The Morgan fingerprint density at radius 3 is 2.53 bits per heavy atom. The van der Waals surface area contributed by atoms with E-state index >= 15 is 0 Å². The summed E-state index contributed by atoms with van der Waals surface area (Å²) in [4.78, 5) is 0. The van der Waals surface area contributed by atoms with Gasteiger partial charge in [-0.3, -0.25) is 0 Å². The number of hydrogen-bond donors (Lipinski definition) is 1. The Kier molecular flexibility index (Phi) is 4.87. The van der Waals surface area contributed by atoms with Crippen LogP contribution in [0.5, 0.6) is 0 Å². The van der Waals surface area contributed by atoms with E-state index in [0.29, 0.717) is 5.02 Å². The number of rotatable bonds is 4. The summed E-state index contributed by atoms with van der Waals surface area (Å²) in [7, 11) is 0. The second kappa shape index (κ2) is 6.42. The van der Waals surface area contributed by atoms with Crippen molar-refractivity contribution in [3.63, 3.8) is 0 Å². The fourth-order valence-electron chi connectivity index (χ4n) is 2.04. The second-order valence-electron chi connectivity index (χ2n) is 4.55. The first-order chi connectivity index (χ1) is 9.11. The Hall–Kier alpha value is -1.02. The molecule has 0 fully saturated rings. The van der Waals surface area contributed by atoms with Crippen LogP contribution in [0, 0.1) is 6.92 Å². The summed E-state index contributed by atoms with van der Waals surface area (Å²) in [6.07, 6.45) is 0. The van der Waals surface area contributed by atoms with Gasteiger partial charge in [-0.05, 0) is 54.4 Å². The molecule has 0 atom stereocenters. The summed E-state index contributed by atoms with van der Waals surface area (Å²) < 4.78 is 0. The molecule has 0 aliphatic rings. The highest BCUT2D eigenvalue weighted by Crippen LogP contribution is 2.33. The Labute approximate surface area is 124 Å². The minimum atomic E-state index is 0.705. The molecule has 0 aromatic heterocycles. The summed E-state index contributed by atoms with van der Waals surface area (Å²) in [5.74, 6) is 0. The molecule has 0 aliphatic carbocycles. The highest BCUT2D eigenvalue weighted by Gasteiger charge is 2.08. The van der Waals surface area contributed by atoms with Gasteiger partial charge in [0.1, 0.15) is 0 Å². The number of hydrogen-bond acceptors (Lipinski definition) is 1. The molecule has 0 radical (unpaired) electrons. The van der Waals surface area contributed by atoms with Gasteiger partial charge in [0.25, 0.3) is 0 Å². The molecule has 1 nitrogen and oxygen atoms in total. The zero-order valence-corrected chi connectivity index (χ0v) is 12.6. The van der Waals surface area contributed by atoms with E-state index in [2.05, 4.69) is 37.4 Å². The number of halogens is 2. The fourth-order valence-corrected chi connectivity index (χ4v) is 2.43. The van der Waals surface area contributed by atoms with Crippen molar-refractivity contribution < 1.29 is 0 Å². The second-order valence-corrected chi connectivity index (χ2v) is 5.40. The first kappa shape index (κ1) is 14.4. The van der Waals surface area contributed by atoms with Gasteiger partial charge in [0, 0.05) is 22.2 Å². The van der Waals surface area contributed by atoms with Crippen LogP contribution in [0.1, 0.15) is 18.1 Å². The third kappa shape index (κ3) is 3.50. The van der Waals surface area contributed by atoms with E-state index < -0.39 is 0 Å². The molecule has 2 aromatic carbocycles. The Morgan fingerprint density at radius 1 is 1.00 bits per heavy atom. The molecule has 0 unspecified atom stereocenters. The largest absolute Gasteiger partial charge is 0.313 e. The first-order valence-electron chi connectivity index (χ1n) is 6.37. The maximum absolute atomic E-state index is 6.29. The van der Waals surface area contributed by atoms with E-state index in [1.807, 2.05) is 18.2 Å². The van der Waals surface area contributed by atoms with Crippen molar-refractivity contribution in [1.82, 2.24) is 5.32 Å². The summed E-state index contributed by atoms with van der Waals surface area (Å²) in [5, 5.41) is 4.76. The van der Waals surface area contributed by atoms with Crippen LogP contribution in [0.15, 0.2) is 36.4 Å². The Balaban J connectivity index is 2.45. The summed E-state index contributed by atoms with van der Waals surface area (Å²) in [5.41, 5.74) is 4.58. The summed E-state index contributed by atoms with van der Waals surface area (Å²) in [6.45, 7) is 6.01. The SMILES string of the molecule is CCNCc1ccc(C)c(-c2cc(Cl)ccc2Cl)c1. The van der Waals surface area contributed by atoms with Crippen LogP contribution in [0.2, 0.25) is 10.0 Å². The van der Waals surface area contributed by atoms with Crippen molar-refractivity contribution in [2.24, 2.45) is 0 Å². The van der Waals surface area contributed by atoms with Crippen molar-refractivity contribution in [3.05, 3.63) is 57.6 Å². The highest BCUT2D eigenvalue weighted by molar-refractivity contribution is 6.35. The third-order valence-electron chi connectivity index (χ3n) is 3.10. The molecule has 0 bridgehead atoms. The predicted octanol–water partition coefficient (Wildman–Crippen LogP) is 5.08. The van der Waals surface area contributed by atoms with Gasteiger partial charge in [-0.2, -0.15) is 0 Å². The van der Waals surface area contributed by atoms with Gasteiger partial charge in [0.2, 0.25) is 0 Å². The Morgan fingerprint density at radius 2 is 1.79 bits per heavy atom. The van der Waals surface area contributed by atoms with Crippen LogP contribution in [-0.2, 0) is 6.54 Å². The predicted molar refractivity (Wildman–Crippen MR) is 84.0 cm³/mol. The molecular formula is C16H17Cl2N. The van der Waals surface area contributed by atoms with Gasteiger partial charge in [-0.1, -0.05) is 42.3 Å². The molecule has 0 saturated heterocycles. The molecule has 19 heavy (non-hydrogen) atoms. The molecule has 2 rings (SSSR count). The number of nitrogens with one attached hydrogen (secondary N) is 1. The molecule has 3 heteroatoms. The normalized spacial score (nSPS) is 10.7. The minimum Gasteiger partial charge on any atom is -0.313 e. The Bertz CT molecular complexity index is 579. The van der Waals surface area contributed by atoms with E-state index in [0.717, 1.165) is 29.2 Å². The van der Waals surface area contributed by atoms with Crippen molar-refractivity contribution in [1.29, 1.82) is 0 Å². The van der Waals surface area contributed by atoms with Crippen molar-refractivity contribution in [2.75, 3.05) is 6.54 Å². The molecule has 0 spiro atoms. The summed E-state index contributed by atoms with van der Waals surface area (Å²) in [6, 6.07) is 12.0. The average molecular weight is 294 g/mol. The zero-order chi connectivity index (χ0) is 13.8. The van der Waals surface area contributed by atoms with E-state index in [-0.39, 0.29) is 0 Å². The van der Waals surface area contributed by atoms with Gasteiger partial charge in [-0.15, -0.1) is 0 Å². The molecule has 0 saturated carbocycles. The van der Waals surface area contributed by atoms with Crippen molar-refractivity contribution >= 4 is 23.2 Å². The molecule has 1 N–H and O–H groups in total. The van der Waals surface area contributed by atoms with E-state index in [9.17, 15) is 0 Å². The number of benzene rings is 2. The lowest BCUT2D eigenvalue weighted by atomic mass is 9.98. The molecule has 100 valence electrons. The van der Waals surface area contributed by atoms with Crippen molar-refractivity contribution in [3.8, 4) is 11.1 Å². The average Bonchev–Trinajstić information content (AvgIpc) is 2.41. The van der Waals surface area contributed by atoms with Gasteiger partial charge in [0.15, 0.2) is 0 Å².